The minimum Gasteiger partial charge on any atom is -0.496 e. The van der Waals surface area contributed by atoms with Crippen molar-refractivity contribution >= 4 is 22.5 Å². The zero-order valence-electron chi connectivity index (χ0n) is 14.7. The topological polar surface area (TPSA) is 47.0 Å². The van der Waals surface area contributed by atoms with Crippen LogP contribution in [-0.2, 0) is 0 Å². The number of para-hydroxylation sites is 1. The van der Waals surface area contributed by atoms with Crippen LogP contribution in [0.3, 0.4) is 0 Å². The molecule has 0 spiro atoms. The van der Waals surface area contributed by atoms with Crippen LogP contribution >= 0.6 is 0 Å². The van der Waals surface area contributed by atoms with Crippen LogP contribution in [0.4, 0.5) is 11.6 Å². The van der Waals surface area contributed by atoms with Crippen molar-refractivity contribution in [1.82, 2.24) is 9.97 Å². The van der Waals surface area contributed by atoms with Gasteiger partial charge in [0.2, 0.25) is 5.95 Å². The second-order valence-electron chi connectivity index (χ2n) is 6.11. The fourth-order valence-corrected chi connectivity index (χ4v) is 3.02. The van der Waals surface area contributed by atoms with Crippen LogP contribution in [0.5, 0.6) is 5.75 Å². The highest BCUT2D eigenvalue weighted by atomic mass is 16.5. The van der Waals surface area contributed by atoms with Crippen LogP contribution in [0, 0.1) is 6.92 Å². The highest BCUT2D eigenvalue weighted by Gasteiger charge is 2.11. The summed E-state index contributed by atoms with van der Waals surface area (Å²) in [5.41, 5.74) is 5.19. The quantitative estimate of drug-likeness (QED) is 0.543. The molecule has 3 aromatic carbocycles. The summed E-state index contributed by atoms with van der Waals surface area (Å²) in [6.45, 7) is 2.10. The molecule has 0 amide bonds. The molecule has 4 rings (SSSR count). The van der Waals surface area contributed by atoms with Crippen molar-refractivity contribution in [3.05, 3.63) is 78.5 Å². The lowest BCUT2D eigenvalue weighted by Gasteiger charge is -2.13. The third-order valence-corrected chi connectivity index (χ3v) is 4.37. The first-order valence-corrected chi connectivity index (χ1v) is 8.47. The van der Waals surface area contributed by atoms with Gasteiger partial charge >= 0.3 is 0 Å². The van der Waals surface area contributed by atoms with Crippen molar-refractivity contribution in [3.8, 4) is 16.9 Å². The number of nitrogens with one attached hydrogen (secondary N) is 1. The Kier molecular flexibility index (Phi) is 4.23. The third-order valence-electron chi connectivity index (χ3n) is 4.37. The van der Waals surface area contributed by atoms with Gasteiger partial charge in [-0.3, -0.25) is 0 Å². The van der Waals surface area contributed by atoms with Crippen LogP contribution in [0.2, 0.25) is 0 Å². The summed E-state index contributed by atoms with van der Waals surface area (Å²) < 4.78 is 5.64. The average Bonchev–Trinajstić information content (AvgIpc) is 2.68. The van der Waals surface area contributed by atoms with Gasteiger partial charge in [-0.05, 0) is 36.2 Å². The van der Waals surface area contributed by atoms with E-state index in [-0.39, 0.29) is 0 Å². The average molecular weight is 341 g/mol. The first-order valence-electron chi connectivity index (χ1n) is 8.47. The molecular formula is C22H19N3O. The summed E-state index contributed by atoms with van der Waals surface area (Å²) in [5.74, 6) is 1.37. The fourth-order valence-electron chi connectivity index (χ4n) is 3.02. The summed E-state index contributed by atoms with van der Waals surface area (Å²) >= 11 is 0. The maximum absolute atomic E-state index is 5.64. The second kappa shape index (κ2) is 6.84. The zero-order valence-corrected chi connectivity index (χ0v) is 14.7. The van der Waals surface area contributed by atoms with Gasteiger partial charge in [0.1, 0.15) is 5.75 Å². The largest absolute Gasteiger partial charge is 0.496 e. The van der Waals surface area contributed by atoms with Crippen molar-refractivity contribution in [2.75, 3.05) is 12.4 Å². The Morgan fingerprint density at radius 2 is 1.65 bits per heavy atom. The number of aryl methyl sites for hydroxylation is 1. The van der Waals surface area contributed by atoms with Gasteiger partial charge in [0, 0.05) is 28.9 Å². The molecule has 26 heavy (non-hydrogen) atoms. The predicted molar refractivity (Wildman–Crippen MR) is 106 cm³/mol. The molecule has 0 aliphatic rings. The minimum absolute atomic E-state index is 0.564. The zero-order chi connectivity index (χ0) is 17.9. The van der Waals surface area contributed by atoms with E-state index in [1.807, 2.05) is 54.7 Å². The van der Waals surface area contributed by atoms with Gasteiger partial charge in [0.05, 0.1) is 12.6 Å². The number of aromatic nitrogens is 2. The molecule has 0 unspecified atom stereocenters. The first kappa shape index (κ1) is 16.1. The molecule has 0 aliphatic carbocycles. The Bertz CT molecular complexity index is 1060. The van der Waals surface area contributed by atoms with Crippen LogP contribution in [0.25, 0.3) is 22.0 Å². The van der Waals surface area contributed by atoms with E-state index >= 15 is 0 Å². The van der Waals surface area contributed by atoms with Gasteiger partial charge in [-0.2, -0.15) is 0 Å². The first-order chi connectivity index (χ1) is 12.7. The Labute approximate surface area is 152 Å². The number of nitrogens with zero attached hydrogens (tertiary/aromatic N) is 2. The number of fused-ring (bicyclic) bond motifs is 1. The standard InChI is InChI=1S/C22H19N3O/c1-15-8-6-7-11-18(15)19-12-16-14-23-22(24-17-9-4-3-5-10-17)25-20(16)13-21(19)26-2/h3-14H,1-2H3,(H,23,24,25). The molecule has 0 saturated heterocycles. The molecule has 0 bridgehead atoms. The van der Waals surface area contributed by atoms with Crippen LogP contribution < -0.4 is 10.1 Å². The fraction of sp³-hybridized carbons (Fsp3) is 0.0909. The van der Waals surface area contributed by atoms with Crippen molar-refractivity contribution in [3.63, 3.8) is 0 Å². The molecule has 1 heterocycles. The molecule has 0 atom stereocenters. The van der Waals surface area contributed by atoms with E-state index in [1.54, 1.807) is 7.11 Å². The predicted octanol–water partition coefficient (Wildman–Crippen LogP) is 5.36. The number of hydrogen-bond acceptors (Lipinski definition) is 4. The van der Waals surface area contributed by atoms with Crippen LogP contribution in [0.15, 0.2) is 72.9 Å². The molecule has 0 fully saturated rings. The molecule has 0 radical (unpaired) electrons. The summed E-state index contributed by atoms with van der Waals surface area (Å²) in [5, 5.41) is 4.20. The van der Waals surface area contributed by atoms with E-state index < -0.39 is 0 Å². The van der Waals surface area contributed by atoms with Gasteiger partial charge in [0.25, 0.3) is 0 Å². The molecule has 4 nitrogen and oxygen atoms in total. The molecular weight excluding hydrogens is 322 g/mol. The van der Waals surface area contributed by atoms with Gasteiger partial charge in [-0.25, -0.2) is 9.97 Å². The SMILES string of the molecule is COc1cc2nc(Nc3ccccc3)ncc2cc1-c1ccccc1C. The van der Waals surface area contributed by atoms with Gasteiger partial charge in [-0.15, -0.1) is 0 Å². The maximum atomic E-state index is 5.64. The van der Waals surface area contributed by atoms with E-state index in [0.29, 0.717) is 5.95 Å². The lowest BCUT2D eigenvalue weighted by atomic mass is 9.98. The van der Waals surface area contributed by atoms with E-state index in [0.717, 1.165) is 33.5 Å². The Morgan fingerprint density at radius 3 is 2.42 bits per heavy atom. The number of hydrogen-bond donors (Lipinski definition) is 1. The number of methoxy groups -OCH3 is 1. The Balaban J connectivity index is 1.78. The lowest BCUT2D eigenvalue weighted by Crippen LogP contribution is -1.98. The number of anilines is 2. The second-order valence-corrected chi connectivity index (χ2v) is 6.11. The molecule has 1 aromatic heterocycles. The summed E-state index contributed by atoms with van der Waals surface area (Å²) in [6, 6.07) is 22.2. The summed E-state index contributed by atoms with van der Waals surface area (Å²) in [7, 11) is 1.69. The summed E-state index contributed by atoms with van der Waals surface area (Å²) in [6.07, 6.45) is 1.84. The summed E-state index contributed by atoms with van der Waals surface area (Å²) in [4.78, 5) is 9.09. The third kappa shape index (κ3) is 3.09. The van der Waals surface area contributed by atoms with E-state index in [1.165, 1.54) is 5.56 Å². The molecule has 1 N–H and O–H groups in total. The minimum atomic E-state index is 0.564. The van der Waals surface area contributed by atoms with Gasteiger partial charge < -0.3 is 10.1 Å². The number of benzene rings is 3. The van der Waals surface area contributed by atoms with Crippen molar-refractivity contribution < 1.29 is 4.74 Å². The Hall–Kier alpha value is -3.40. The lowest BCUT2D eigenvalue weighted by molar-refractivity contribution is 0.417. The molecule has 128 valence electrons. The van der Waals surface area contributed by atoms with Crippen molar-refractivity contribution in [2.24, 2.45) is 0 Å². The highest BCUT2D eigenvalue weighted by Crippen LogP contribution is 2.35. The van der Waals surface area contributed by atoms with Crippen LogP contribution in [-0.4, -0.2) is 17.1 Å². The Morgan fingerprint density at radius 1 is 0.885 bits per heavy atom. The molecule has 0 aliphatic heterocycles. The number of rotatable bonds is 4. The van der Waals surface area contributed by atoms with Crippen molar-refractivity contribution in [2.45, 2.75) is 6.92 Å². The van der Waals surface area contributed by atoms with Gasteiger partial charge in [-0.1, -0.05) is 42.5 Å². The maximum Gasteiger partial charge on any atom is 0.227 e. The molecule has 4 heteroatoms. The van der Waals surface area contributed by atoms with Crippen LogP contribution in [0.1, 0.15) is 5.56 Å². The normalized spacial score (nSPS) is 10.7. The van der Waals surface area contributed by atoms with E-state index in [2.05, 4.69) is 40.4 Å². The van der Waals surface area contributed by atoms with Gasteiger partial charge in [0.15, 0.2) is 0 Å². The molecule has 4 aromatic rings. The van der Waals surface area contributed by atoms with E-state index in [4.69, 9.17) is 4.74 Å². The van der Waals surface area contributed by atoms with E-state index in [9.17, 15) is 0 Å². The number of ether oxygens (including phenoxy) is 1. The molecule has 0 saturated carbocycles. The highest BCUT2D eigenvalue weighted by molar-refractivity contribution is 5.89. The monoisotopic (exact) mass is 341 g/mol. The van der Waals surface area contributed by atoms with Crippen molar-refractivity contribution in [1.29, 1.82) is 0 Å². The smallest absolute Gasteiger partial charge is 0.227 e.